The maximum atomic E-state index is 12.6. The first-order valence-electron chi connectivity index (χ1n) is 8.63. The van der Waals surface area contributed by atoms with Crippen LogP contribution >= 0.6 is 0 Å². The van der Waals surface area contributed by atoms with E-state index in [0.717, 1.165) is 12.1 Å². The number of hydrogen-bond acceptors (Lipinski definition) is 4. The molecule has 3 N–H and O–H groups in total. The maximum Gasteiger partial charge on any atom is 0.251 e. The molecule has 0 radical (unpaired) electrons. The Kier molecular flexibility index (Phi) is 7.17. The first-order chi connectivity index (χ1) is 12.5. The molecule has 0 bridgehead atoms. The normalized spacial score (nSPS) is 11.8. The fourth-order valence-electron chi connectivity index (χ4n) is 2.60. The van der Waals surface area contributed by atoms with Crippen molar-refractivity contribution in [2.24, 2.45) is 0 Å². The summed E-state index contributed by atoms with van der Waals surface area (Å²) in [7, 11) is 1.91. The van der Waals surface area contributed by atoms with Crippen molar-refractivity contribution >= 4 is 11.8 Å². The van der Waals surface area contributed by atoms with Gasteiger partial charge in [0.25, 0.3) is 5.91 Å². The summed E-state index contributed by atoms with van der Waals surface area (Å²) in [6.45, 7) is 3.40. The standard InChI is InChI=1S/C20H25N3O3/c1-3-23(2)18(15-7-5-4-6-8-15)20(26)22-14-13-21-19(25)16-9-11-17(24)12-10-16/h4-12,18,24H,3,13-14H2,1-2H3,(H,21,25)(H,22,26). The van der Waals surface area contributed by atoms with Gasteiger partial charge in [0, 0.05) is 18.7 Å². The van der Waals surface area contributed by atoms with Crippen LogP contribution in [0.1, 0.15) is 28.9 Å². The molecular formula is C20H25N3O3. The molecule has 2 rings (SSSR count). The Morgan fingerprint density at radius 2 is 1.62 bits per heavy atom. The Morgan fingerprint density at radius 1 is 1.00 bits per heavy atom. The van der Waals surface area contributed by atoms with Gasteiger partial charge in [0.1, 0.15) is 11.8 Å². The average Bonchev–Trinajstić information content (AvgIpc) is 2.66. The summed E-state index contributed by atoms with van der Waals surface area (Å²) in [5.41, 5.74) is 1.39. The van der Waals surface area contributed by atoms with Gasteiger partial charge in [-0.15, -0.1) is 0 Å². The average molecular weight is 355 g/mol. The van der Waals surface area contributed by atoms with Gasteiger partial charge in [-0.2, -0.15) is 0 Å². The highest BCUT2D eigenvalue weighted by Gasteiger charge is 2.23. The minimum absolute atomic E-state index is 0.0977. The van der Waals surface area contributed by atoms with Crippen molar-refractivity contribution in [3.8, 4) is 5.75 Å². The number of nitrogens with zero attached hydrogens (tertiary/aromatic N) is 1. The van der Waals surface area contributed by atoms with E-state index in [-0.39, 0.29) is 23.6 Å². The van der Waals surface area contributed by atoms with Crippen molar-refractivity contribution in [1.29, 1.82) is 0 Å². The van der Waals surface area contributed by atoms with E-state index in [4.69, 9.17) is 0 Å². The molecule has 0 aromatic heterocycles. The predicted octanol–water partition coefficient (Wildman–Crippen LogP) is 1.93. The Morgan fingerprint density at radius 3 is 2.23 bits per heavy atom. The van der Waals surface area contributed by atoms with E-state index in [0.29, 0.717) is 18.7 Å². The lowest BCUT2D eigenvalue weighted by molar-refractivity contribution is -0.126. The van der Waals surface area contributed by atoms with Gasteiger partial charge in [-0.3, -0.25) is 14.5 Å². The highest BCUT2D eigenvalue weighted by Crippen LogP contribution is 2.19. The molecule has 26 heavy (non-hydrogen) atoms. The number of phenolic OH excluding ortho intramolecular Hbond substituents is 1. The van der Waals surface area contributed by atoms with Gasteiger partial charge in [0.05, 0.1) is 0 Å². The van der Waals surface area contributed by atoms with E-state index >= 15 is 0 Å². The van der Waals surface area contributed by atoms with E-state index in [1.54, 1.807) is 12.1 Å². The van der Waals surface area contributed by atoms with Crippen molar-refractivity contribution in [2.75, 3.05) is 26.7 Å². The number of carbonyl (C=O) groups is 2. The fourth-order valence-corrected chi connectivity index (χ4v) is 2.60. The third-order valence-corrected chi connectivity index (χ3v) is 4.14. The number of hydrogen-bond donors (Lipinski definition) is 3. The molecule has 0 fully saturated rings. The fraction of sp³-hybridized carbons (Fsp3) is 0.300. The van der Waals surface area contributed by atoms with Crippen LogP contribution in [0.4, 0.5) is 0 Å². The summed E-state index contributed by atoms with van der Waals surface area (Å²) in [4.78, 5) is 26.6. The second-order valence-electron chi connectivity index (χ2n) is 5.98. The zero-order valence-electron chi connectivity index (χ0n) is 15.1. The quantitative estimate of drug-likeness (QED) is 0.632. The minimum atomic E-state index is -0.367. The molecule has 0 spiro atoms. The number of amides is 2. The molecule has 138 valence electrons. The number of likely N-dealkylation sites (N-methyl/N-ethyl adjacent to an activating group) is 1. The third kappa shape index (κ3) is 5.32. The largest absolute Gasteiger partial charge is 0.508 e. The van der Waals surface area contributed by atoms with Crippen molar-refractivity contribution in [3.05, 3.63) is 65.7 Å². The maximum absolute atomic E-state index is 12.6. The topological polar surface area (TPSA) is 81.7 Å². The van der Waals surface area contributed by atoms with E-state index in [2.05, 4.69) is 10.6 Å². The van der Waals surface area contributed by atoms with Crippen LogP contribution in [-0.2, 0) is 4.79 Å². The molecule has 2 aromatic carbocycles. The van der Waals surface area contributed by atoms with Crippen LogP contribution in [0.2, 0.25) is 0 Å². The number of carbonyl (C=O) groups excluding carboxylic acids is 2. The molecular weight excluding hydrogens is 330 g/mol. The van der Waals surface area contributed by atoms with E-state index < -0.39 is 0 Å². The SMILES string of the molecule is CCN(C)C(C(=O)NCCNC(=O)c1ccc(O)cc1)c1ccccc1. The lowest BCUT2D eigenvalue weighted by atomic mass is 10.0. The van der Waals surface area contributed by atoms with Crippen LogP contribution in [0.5, 0.6) is 5.75 Å². The van der Waals surface area contributed by atoms with Gasteiger partial charge in [-0.1, -0.05) is 37.3 Å². The smallest absolute Gasteiger partial charge is 0.251 e. The Bertz CT molecular complexity index is 717. The first kappa shape index (κ1) is 19.5. The number of benzene rings is 2. The number of rotatable bonds is 8. The minimum Gasteiger partial charge on any atom is -0.508 e. The Balaban J connectivity index is 1.86. The summed E-state index contributed by atoms with van der Waals surface area (Å²) in [6.07, 6.45) is 0. The van der Waals surface area contributed by atoms with Crippen molar-refractivity contribution in [2.45, 2.75) is 13.0 Å². The van der Waals surface area contributed by atoms with Crippen LogP contribution in [0.3, 0.4) is 0 Å². The van der Waals surface area contributed by atoms with Gasteiger partial charge in [0.2, 0.25) is 5.91 Å². The molecule has 6 nitrogen and oxygen atoms in total. The van der Waals surface area contributed by atoms with Crippen molar-refractivity contribution < 1.29 is 14.7 Å². The zero-order chi connectivity index (χ0) is 18.9. The van der Waals surface area contributed by atoms with Crippen molar-refractivity contribution in [3.63, 3.8) is 0 Å². The molecule has 2 aromatic rings. The van der Waals surface area contributed by atoms with Gasteiger partial charge < -0.3 is 15.7 Å². The monoisotopic (exact) mass is 355 g/mol. The number of aromatic hydroxyl groups is 1. The van der Waals surface area contributed by atoms with Crippen LogP contribution in [-0.4, -0.2) is 48.5 Å². The van der Waals surface area contributed by atoms with Crippen LogP contribution in [0.25, 0.3) is 0 Å². The van der Waals surface area contributed by atoms with Gasteiger partial charge in [-0.05, 0) is 43.4 Å². The molecule has 0 saturated carbocycles. The summed E-state index contributed by atoms with van der Waals surface area (Å²) >= 11 is 0. The van der Waals surface area contributed by atoms with E-state index in [9.17, 15) is 14.7 Å². The Labute approximate surface area is 153 Å². The van der Waals surface area contributed by atoms with Gasteiger partial charge in [-0.25, -0.2) is 0 Å². The van der Waals surface area contributed by atoms with E-state index in [1.807, 2.05) is 49.2 Å². The predicted molar refractivity (Wildman–Crippen MR) is 101 cm³/mol. The molecule has 0 aliphatic heterocycles. The second-order valence-corrected chi connectivity index (χ2v) is 5.98. The lowest BCUT2D eigenvalue weighted by Gasteiger charge is -2.26. The number of phenols is 1. The molecule has 0 aliphatic rings. The lowest BCUT2D eigenvalue weighted by Crippen LogP contribution is -2.41. The van der Waals surface area contributed by atoms with Gasteiger partial charge in [0.15, 0.2) is 0 Å². The highest BCUT2D eigenvalue weighted by molar-refractivity contribution is 5.94. The van der Waals surface area contributed by atoms with Crippen LogP contribution < -0.4 is 10.6 Å². The summed E-state index contributed by atoms with van der Waals surface area (Å²) in [6, 6.07) is 15.3. The zero-order valence-corrected chi connectivity index (χ0v) is 15.1. The van der Waals surface area contributed by atoms with Gasteiger partial charge >= 0.3 is 0 Å². The van der Waals surface area contributed by atoms with Crippen LogP contribution in [0.15, 0.2) is 54.6 Å². The van der Waals surface area contributed by atoms with E-state index in [1.165, 1.54) is 12.1 Å². The van der Waals surface area contributed by atoms with Crippen LogP contribution in [0, 0.1) is 0 Å². The molecule has 0 aliphatic carbocycles. The molecule has 1 atom stereocenters. The molecule has 2 amide bonds. The molecule has 6 heteroatoms. The summed E-state index contributed by atoms with van der Waals surface area (Å²) < 4.78 is 0. The third-order valence-electron chi connectivity index (χ3n) is 4.14. The summed E-state index contributed by atoms with van der Waals surface area (Å²) in [5.74, 6) is -0.232. The Hall–Kier alpha value is -2.86. The molecule has 0 saturated heterocycles. The summed E-state index contributed by atoms with van der Waals surface area (Å²) in [5, 5.41) is 14.9. The molecule has 1 unspecified atom stereocenters. The molecule has 0 heterocycles. The highest BCUT2D eigenvalue weighted by atomic mass is 16.3. The van der Waals surface area contributed by atoms with Crippen molar-refractivity contribution in [1.82, 2.24) is 15.5 Å². The second kappa shape index (κ2) is 9.58. The number of nitrogens with one attached hydrogen (secondary N) is 2. The first-order valence-corrected chi connectivity index (χ1v) is 8.63.